The first-order valence-corrected chi connectivity index (χ1v) is 10.5. The van der Waals surface area contributed by atoms with Crippen molar-refractivity contribution in [1.82, 2.24) is 10.6 Å². The van der Waals surface area contributed by atoms with Gasteiger partial charge in [0.2, 0.25) is 11.8 Å². The second-order valence-electron chi connectivity index (χ2n) is 7.75. The number of carboxylic acids is 1. The standard InChI is InChI=1S/C26H25FN2O4/c1-17(30)28-23(16-19-6-5-9-22(27)14-19)25(31)29-24(26(32)33)15-18-10-12-21(13-11-18)20-7-3-2-4-8-20/h2-14,23-24H,15-16H2,1H3,(H,28,30)(H,29,31)(H,32,33)/t23-,24-/m0/s1. The van der Waals surface area contributed by atoms with Crippen LogP contribution in [-0.4, -0.2) is 35.0 Å². The third kappa shape index (κ3) is 7.00. The van der Waals surface area contributed by atoms with Gasteiger partial charge in [-0.1, -0.05) is 66.7 Å². The van der Waals surface area contributed by atoms with Gasteiger partial charge in [-0.3, -0.25) is 9.59 Å². The number of nitrogens with one attached hydrogen (secondary N) is 2. The Morgan fingerprint density at radius 3 is 2.03 bits per heavy atom. The molecule has 0 heterocycles. The van der Waals surface area contributed by atoms with Crippen molar-refractivity contribution in [3.8, 4) is 11.1 Å². The van der Waals surface area contributed by atoms with Crippen LogP contribution in [0.2, 0.25) is 0 Å². The smallest absolute Gasteiger partial charge is 0.326 e. The monoisotopic (exact) mass is 448 g/mol. The number of hydrogen-bond acceptors (Lipinski definition) is 3. The molecule has 0 aliphatic carbocycles. The van der Waals surface area contributed by atoms with Gasteiger partial charge in [0.25, 0.3) is 0 Å². The third-order valence-corrected chi connectivity index (χ3v) is 5.14. The van der Waals surface area contributed by atoms with E-state index in [1.807, 2.05) is 54.6 Å². The second-order valence-corrected chi connectivity index (χ2v) is 7.75. The van der Waals surface area contributed by atoms with Crippen LogP contribution in [0.3, 0.4) is 0 Å². The zero-order chi connectivity index (χ0) is 23.8. The molecule has 0 aliphatic rings. The Morgan fingerprint density at radius 2 is 1.42 bits per heavy atom. The predicted octanol–water partition coefficient (Wildman–Crippen LogP) is 3.35. The molecule has 7 heteroatoms. The summed E-state index contributed by atoms with van der Waals surface area (Å²) >= 11 is 0. The molecule has 170 valence electrons. The normalized spacial score (nSPS) is 12.4. The van der Waals surface area contributed by atoms with E-state index in [1.54, 1.807) is 6.07 Å². The summed E-state index contributed by atoms with van der Waals surface area (Å²) in [4.78, 5) is 36.2. The molecule has 0 radical (unpaired) electrons. The number of amides is 2. The molecule has 0 bridgehead atoms. The van der Waals surface area contributed by atoms with Crippen LogP contribution in [0.25, 0.3) is 11.1 Å². The molecule has 0 aromatic heterocycles. The van der Waals surface area contributed by atoms with Crippen molar-refractivity contribution in [1.29, 1.82) is 0 Å². The fourth-order valence-corrected chi connectivity index (χ4v) is 3.53. The van der Waals surface area contributed by atoms with E-state index in [1.165, 1.54) is 25.1 Å². The van der Waals surface area contributed by atoms with E-state index in [4.69, 9.17) is 0 Å². The fourth-order valence-electron chi connectivity index (χ4n) is 3.53. The van der Waals surface area contributed by atoms with Gasteiger partial charge in [0, 0.05) is 19.8 Å². The summed E-state index contributed by atoms with van der Waals surface area (Å²) in [5, 5.41) is 14.7. The number of carbonyl (C=O) groups excluding carboxylic acids is 2. The SMILES string of the molecule is CC(=O)N[C@@H](Cc1cccc(F)c1)C(=O)N[C@@H](Cc1ccc(-c2ccccc2)cc1)C(=O)O. The van der Waals surface area contributed by atoms with Crippen LogP contribution in [0.4, 0.5) is 4.39 Å². The lowest BCUT2D eigenvalue weighted by molar-refractivity contribution is -0.142. The van der Waals surface area contributed by atoms with E-state index < -0.39 is 35.7 Å². The van der Waals surface area contributed by atoms with Crippen molar-refractivity contribution in [2.45, 2.75) is 31.8 Å². The summed E-state index contributed by atoms with van der Waals surface area (Å²) in [6.07, 6.45) is 0.101. The van der Waals surface area contributed by atoms with Gasteiger partial charge < -0.3 is 15.7 Å². The average molecular weight is 448 g/mol. The Bertz CT molecular complexity index is 1120. The van der Waals surface area contributed by atoms with Crippen LogP contribution < -0.4 is 10.6 Å². The molecule has 0 saturated carbocycles. The van der Waals surface area contributed by atoms with Crippen molar-refractivity contribution < 1.29 is 23.9 Å². The van der Waals surface area contributed by atoms with Gasteiger partial charge >= 0.3 is 5.97 Å². The zero-order valence-corrected chi connectivity index (χ0v) is 18.1. The topological polar surface area (TPSA) is 95.5 Å². The van der Waals surface area contributed by atoms with E-state index in [-0.39, 0.29) is 12.8 Å². The summed E-state index contributed by atoms with van der Waals surface area (Å²) in [5.41, 5.74) is 3.29. The molecule has 3 aromatic rings. The van der Waals surface area contributed by atoms with Gasteiger partial charge in [-0.25, -0.2) is 9.18 Å². The maximum absolute atomic E-state index is 13.5. The van der Waals surface area contributed by atoms with Gasteiger partial charge in [-0.05, 0) is 34.4 Å². The minimum atomic E-state index is -1.19. The summed E-state index contributed by atoms with van der Waals surface area (Å²) in [6, 6.07) is 20.7. The molecule has 0 spiro atoms. The lowest BCUT2D eigenvalue weighted by atomic mass is 10.00. The first kappa shape index (κ1) is 23.7. The molecule has 0 fully saturated rings. The van der Waals surface area contributed by atoms with Gasteiger partial charge in [0.15, 0.2) is 0 Å². The van der Waals surface area contributed by atoms with Gasteiger partial charge in [-0.2, -0.15) is 0 Å². The highest BCUT2D eigenvalue weighted by molar-refractivity contribution is 5.90. The number of benzene rings is 3. The molecule has 0 saturated heterocycles. The van der Waals surface area contributed by atoms with Crippen LogP contribution in [0.5, 0.6) is 0 Å². The van der Waals surface area contributed by atoms with E-state index in [9.17, 15) is 23.9 Å². The van der Waals surface area contributed by atoms with Gasteiger partial charge in [0.1, 0.15) is 17.9 Å². The maximum atomic E-state index is 13.5. The average Bonchev–Trinajstić information content (AvgIpc) is 2.79. The number of rotatable bonds is 9. The van der Waals surface area contributed by atoms with Crippen molar-refractivity contribution in [2.75, 3.05) is 0 Å². The summed E-state index contributed by atoms with van der Waals surface area (Å²) < 4.78 is 13.5. The number of carboxylic acid groups (broad SMARTS) is 1. The molecular weight excluding hydrogens is 423 g/mol. The van der Waals surface area contributed by atoms with Gasteiger partial charge in [-0.15, -0.1) is 0 Å². The summed E-state index contributed by atoms with van der Waals surface area (Å²) in [6.45, 7) is 1.26. The molecule has 0 aliphatic heterocycles. The van der Waals surface area contributed by atoms with Crippen LogP contribution in [0.15, 0.2) is 78.9 Å². The highest BCUT2D eigenvalue weighted by atomic mass is 19.1. The zero-order valence-electron chi connectivity index (χ0n) is 18.1. The Morgan fingerprint density at radius 1 is 0.788 bits per heavy atom. The molecule has 0 unspecified atom stereocenters. The highest BCUT2D eigenvalue weighted by Crippen LogP contribution is 2.20. The number of halogens is 1. The second kappa shape index (κ2) is 11.0. The lowest BCUT2D eigenvalue weighted by Gasteiger charge is -2.21. The molecule has 3 aromatic carbocycles. The molecular formula is C26H25FN2O4. The van der Waals surface area contributed by atoms with E-state index in [2.05, 4.69) is 10.6 Å². The molecule has 2 atom stereocenters. The third-order valence-electron chi connectivity index (χ3n) is 5.14. The van der Waals surface area contributed by atoms with Crippen LogP contribution in [-0.2, 0) is 27.2 Å². The minimum absolute atomic E-state index is 0.0291. The number of hydrogen-bond donors (Lipinski definition) is 3. The quantitative estimate of drug-likeness (QED) is 0.468. The van der Waals surface area contributed by atoms with Crippen LogP contribution >= 0.6 is 0 Å². The Labute approximate surface area is 191 Å². The largest absolute Gasteiger partial charge is 0.480 e. The first-order valence-electron chi connectivity index (χ1n) is 10.5. The minimum Gasteiger partial charge on any atom is -0.480 e. The van der Waals surface area contributed by atoms with Gasteiger partial charge in [0.05, 0.1) is 0 Å². The lowest BCUT2D eigenvalue weighted by Crippen LogP contribution is -2.52. The van der Waals surface area contributed by atoms with Crippen LogP contribution in [0.1, 0.15) is 18.1 Å². The summed E-state index contributed by atoms with van der Waals surface area (Å²) in [7, 11) is 0. The maximum Gasteiger partial charge on any atom is 0.326 e. The molecule has 6 nitrogen and oxygen atoms in total. The first-order chi connectivity index (χ1) is 15.8. The van der Waals surface area contributed by atoms with Crippen molar-refractivity contribution in [3.05, 3.63) is 95.8 Å². The molecule has 2 amide bonds. The fraction of sp³-hybridized carbons (Fsp3) is 0.192. The Hall–Kier alpha value is -4.00. The van der Waals surface area contributed by atoms with Crippen molar-refractivity contribution in [2.24, 2.45) is 0 Å². The Balaban J connectivity index is 1.70. The van der Waals surface area contributed by atoms with Crippen LogP contribution in [0, 0.1) is 5.82 Å². The molecule has 3 rings (SSSR count). The molecule has 33 heavy (non-hydrogen) atoms. The predicted molar refractivity (Wildman–Crippen MR) is 123 cm³/mol. The number of carbonyl (C=O) groups is 3. The number of aliphatic carboxylic acids is 1. The summed E-state index contributed by atoms with van der Waals surface area (Å²) in [5.74, 6) is -2.75. The Kier molecular flexibility index (Phi) is 7.91. The molecule has 3 N–H and O–H groups in total. The van der Waals surface area contributed by atoms with E-state index >= 15 is 0 Å². The van der Waals surface area contributed by atoms with E-state index in [0.717, 1.165) is 16.7 Å². The highest BCUT2D eigenvalue weighted by Gasteiger charge is 2.26. The van der Waals surface area contributed by atoms with Crippen molar-refractivity contribution in [3.63, 3.8) is 0 Å². The van der Waals surface area contributed by atoms with E-state index in [0.29, 0.717) is 5.56 Å². The van der Waals surface area contributed by atoms with Crippen molar-refractivity contribution >= 4 is 17.8 Å².